The summed E-state index contributed by atoms with van der Waals surface area (Å²) in [6.45, 7) is 0. The van der Waals surface area contributed by atoms with E-state index >= 15 is 0 Å². The summed E-state index contributed by atoms with van der Waals surface area (Å²) in [5.74, 6) is -0.940. The molecule has 0 radical (unpaired) electrons. The van der Waals surface area contributed by atoms with Crippen molar-refractivity contribution in [1.82, 2.24) is 5.43 Å². The molecule has 1 aromatic carbocycles. The van der Waals surface area contributed by atoms with Crippen molar-refractivity contribution in [3.8, 4) is 11.5 Å². The Bertz CT molecular complexity index is 579. The van der Waals surface area contributed by atoms with E-state index in [0.29, 0.717) is 0 Å². The van der Waals surface area contributed by atoms with Gasteiger partial charge in [0, 0.05) is 10.9 Å². The third kappa shape index (κ3) is 2.86. The molecule has 92 valence electrons. The maximum absolute atomic E-state index is 11.6. The number of hydrogen-bond donors (Lipinski definition) is 3. The molecule has 2 aromatic rings. The Labute approximate surface area is 107 Å². The highest BCUT2D eigenvalue weighted by Gasteiger charge is 2.10. The highest BCUT2D eigenvalue weighted by atomic mass is 32.1. The Morgan fingerprint density at radius 2 is 2.17 bits per heavy atom. The largest absolute Gasteiger partial charge is 0.508 e. The van der Waals surface area contributed by atoms with E-state index in [1.807, 2.05) is 17.5 Å². The summed E-state index contributed by atoms with van der Waals surface area (Å²) in [6, 6.07) is 7.47. The Kier molecular flexibility index (Phi) is 3.59. The van der Waals surface area contributed by atoms with Crippen LogP contribution in [0.25, 0.3) is 0 Å². The minimum Gasteiger partial charge on any atom is -0.508 e. The zero-order valence-electron chi connectivity index (χ0n) is 9.20. The van der Waals surface area contributed by atoms with E-state index in [-0.39, 0.29) is 17.1 Å². The van der Waals surface area contributed by atoms with Gasteiger partial charge in [-0.1, -0.05) is 6.07 Å². The number of carbonyl (C=O) groups excluding carboxylic acids is 1. The van der Waals surface area contributed by atoms with Gasteiger partial charge in [0.2, 0.25) is 0 Å². The van der Waals surface area contributed by atoms with Crippen LogP contribution in [0.1, 0.15) is 15.2 Å². The predicted octanol–water partition coefficient (Wildman–Crippen LogP) is 1.92. The number of thiophene rings is 1. The van der Waals surface area contributed by atoms with Crippen LogP contribution >= 0.6 is 11.3 Å². The van der Waals surface area contributed by atoms with Crippen LogP contribution < -0.4 is 5.43 Å². The number of hydrazone groups is 1. The second-order valence-corrected chi connectivity index (χ2v) is 4.40. The number of rotatable bonds is 3. The van der Waals surface area contributed by atoms with Gasteiger partial charge in [0.1, 0.15) is 11.5 Å². The highest BCUT2D eigenvalue weighted by Crippen LogP contribution is 2.22. The van der Waals surface area contributed by atoms with Crippen molar-refractivity contribution in [3.05, 3.63) is 46.2 Å². The van der Waals surface area contributed by atoms with E-state index in [2.05, 4.69) is 10.5 Å². The molecule has 0 spiro atoms. The number of phenolic OH excluding ortho intramolecular Hbond substituents is 2. The number of nitrogens with zero attached hydrogens (tertiary/aromatic N) is 1. The van der Waals surface area contributed by atoms with Crippen molar-refractivity contribution in [3.63, 3.8) is 0 Å². The molecule has 0 saturated heterocycles. The molecule has 0 saturated carbocycles. The van der Waals surface area contributed by atoms with Gasteiger partial charge < -0.3 is 10.2 Å². The summed E-state index contributed by atoms with van der Waals surface area (Å²) < 4.78 is 0. The fraction of sp³-hybridized carbons (Fsp3) is 0. The standard InChI is InChI=1S/C12H10N2O3S/c15-8-3-4-10(11(16)6-8)12(17)14-13-7-9-2-1-5-18-9/h1-7,15-16H,(H,14,17)/b13-7-. The van der Waals surface area contributed by atoms with Crippen LogP contribution in [-0.2, 0) is 0 Å². The lowest BCUT2D eigenvalue weighted by molar-refractivity contribution is 0.0952. The van der Waals surface area contributed by atoms with Crippen molar-refractivity contribution >= 4 is 23.5 Å². The van der Waals surface area contributed by atoms with Crippen molar-refractivity contribution in [2.45, 2.75) is 0 Å². The van der Waals surface area contributed by atoms with Crippen LogP contribution in [0.15, 0.2) is 40.8 Å². The van der Waals surface area contributed by atoms with Gasteiger partial charge in [-0.3, -0.25) is 4.79 Å². The zero-order valence-corrected chi connectivity index (χ0v) is 10.0. The lowest BCUT2D eigenvalue weighted by atomic mass is 10.2. The molecule has 18 heavy (non-hydrogen) atoms. The first-order chi connectivity index (χ1) is 8.66. The van der Waals surface area contributed by atoms with E-state index in [4.69, 9.17) is 5.11 Å². The first kappa shape index (κ1) is 12.1. The summed E-state index contributed by atoms with van der Waals surface area (Å²) in [5, 5.41) is 24.2. The first-order valence-electron chi connectivity index (χ1n) is 5.06. The quantitative estimate of drug-likeness (QED) is 0.584. The molecule has 0 unspecified atom stereocenters. The lowest BCUT2D eigenvalue weighted by Gasteiger charge is -2.02. The van der Waals surface area contributed by atoms with Gasteiger partial charge in [0.15, 0.2) is 0 Å². The number of benzene rings is 1. The summed E-state index contributed by atoms with van der Waals surface area (Å²) >= 11 is 1.49. The van der Waals surface area contributed by atoms with Gasteiger partial charge in [0.05, 0.1) is 11.8 Å². The molecule has 0 aliphatic carbocycles. The summed E-state index contributed by atoms with van der Waals surface area (Å²) in [7, 11) is 0. The van der Waals surface area contributed by atoms with Gasteiger partial charge in [0.25, 0.3) is 5.91 Å². The number of nitrogens with one attached hydrogen (secondary N) is 1. The Morgan fingerprint density at radius 1 is 1.33 bits per heavy atom. The van der Waals surface area contributed by atoms with Crippen LogP contribution in [0.4, 0.5) is 0 Å². The molecular weight excluding hydrogens is 252 g/mol. The van der Waals surface area contributed by atoms with Gasteiger partial charge in [-0.05, 0) is 23.6 Å². The van der Waals surface area contributed by atoms with E-state index < -0.39 is 5.91 Å². The van der Waals surface area contributed by atoms with E-state index in [9.17, 15) is 9.90 Å². The fourth-order valence-electron chi connectivity index (χ4n) is 1.29. The van der Waals surface area contributed by atoms with Gasteiger partial charge in [-0.25, -0.2) is 5.43 Å². The molecule has 3 N–H and O–H groups in total. The molecule has 5 nitrogen and oxygen atoms in total. The van der Waals surface area contributed by atoms with Crippen molar-refractivity contribution in [2.24, 2.45) is 5.10 Å². The summed E-state index contributed by atoms with van der Waals surface area (Å²) in [5.41, 5.74) is 2.35. The van der Waals surface area contributed by atoms with Gasteiger partial charge in [-0.2, -0.15) is 5.10 Å². The molecule has 0 fully saturated rings. The topological polar surface area (TPSA) is 81.9 Å². The number of phenols is 2. The summed E-state index contributed by atoms with van der Waals surface area (Å²) in [4.78, 5) is 12.5. The normalized spacial score (nSPS) is 10.7. The molecule has 0 aliphatic heterocycles. The van der Waals surface area contributed by atoms with Crippen molar-refractivity contribution in [2.75, 3.05) is 0 Å². The highest BCUT2D eigenvalue weighted by molar-refractivity contribution is 7.11. The third-order valence-electron chi connectivity index (χ3n) is 2.13. The molecule has 1 heterocycles. The van der Waals surface area contributed by atoms with E-state index in [1.165, 1.54) is 29.7 Å². The van der Waals surface area contributed by atoms with Crippen LogP contribution in [0.5, 0.6) is 11.5 Å². The zero-order chi connectivity index (χ0) is 13.0. The number of amides is 1. The molecule has 1 amide bonds. The average Bonchev–Trinajstić information content (AvgIpc) is 2.81. The molecule has 0 aliphatic rings. The predicted molar refractivity (Wildman–Crippen MR) is 69.2 cm³/mol. The van der Waals surface area contributed by atoms with Crippen LogP contribution in [0.3, 0.4) is 0 Å². The second-order valence-electron chi connectivity index (χ2n) is 3.42. The van der Waals surface area contributed by atoms with Crippen LogP contribution in [0.2, 0.25) is 0 Å². The molecule has 1 aromatic heterocycles. The Hall–Kier alpha value is -2.34. The third-order valence-corrected chi connectivity index (χ3v) is 2.93. The van der Waals surface area contributed by atoms with Crippen LogP contribution in [0, 0.1) is 0 Å². The van der Waals surface area contributed by atoms with E-state index in [0.717, 1.165) is 10.9 Å². The van der Waals surface area contributed by atoms with E-state index in [1.54, 1.807) is 0 Å². The molecule has 0 bridgehead atoms. The first-order valence-corrected chi connectivity index (χ1v) is 5.93. The number of carbonyl (C=O) groups is 1. The van der Waals surface area contributed by atoms with Gasteiger partial charge >= 0.3 is 0 Å². The monoisotopic (exact) mass is 262 g/mol. The second kappa shape index (κ2) is 5.33. The molecule has 2 rings (SSSR count). The number of aromatic hydroxyl groups is 2. The lowest BCUT2D eigenvalue weighted by Crippen LogP contribution is -2.17. The smallest absolute Gasteiger partial charge is 0.275 e. The molecular formula is C12H10N2O3S. The summed E-state index contributed by atoms with van der Waals surface area (Å²) in [6.07, 6.45) is 1.51. The SMILES string of the molecule is O=C(N/N=C\c1cccs1)c1ccc(O)cc1O. The maximum atomic E-state index is 11.6. The number of hydrogen-bond acceptors (Lipinski definition) is 5. The molecule has 0 atom stereocenters. The fourth-order valence-corrected chi connectivity index (χ4v) is 1.88. The van der Waals surface area contributed by atoms with Crippen molar-refractivity contribution in [1.29, 1.82) is 0 Å². The Morgan fingerprint density at radius 3 is 2.83 bits per heavy atom. The van der Waals surface area contributed by atoms with Gasteiger partial charge in [-0.15, -0.1) is 11.3 Å². The maximum Gasteiger partial charge on any atom is 0.275 e. The minimum atomic E-state index is -0.541. The minimum absolute atomic E-state index is 0.0520. The average molecular weight is 262 g/mol. The Balaban J connectivity index is 2.04. The molecule has 6 heteroatoms. The van der Waals surface area contributed by atoms with Crippen molar-refractivity contribution < 1.29 is 15.0 Å². The van der Waals surface area contributed by atoms with Crippen LogP contribution in [-0.4, -0.2) is 22.3 Å².